The van der Waals surface area contributed by atoms with Crippen LogP contribution in [0.3, 0.4) is 0 Å². The van der Waals surface area contributed by atoms with E-state index in [-0.39, 0.29) is 6.03 Å². The maximum Gasteiger partial charge on any atom is 0.315 e. The molecule has 1 aliphatic rings. The molecule has 4 aromatic rings. The number of pyridine rings is 1. The largest absolute Gasteiger partial charge is 0.355 e. The SMILES string of the molecule is NC(=O)N1CC=C(c2cc3c(Nc4ccc5ncsc5c4)ccnc3[nH]2)CC1. The van der Waals surface area contributed by atoms with E-state index in [1.165, 1.54) is 5.57 Å². The van der Waals surface area contributed by atoms with Gasteiger partial charge in [-0.15, -0.1) is 11.3 Å². The van der Waals surface area contributed by atoms with Gasteiger partial charge in [0.05, 0.1) is 21.4 Å². The number of H-pyrrole nitrogens is 1. The number of urea groups is 1. The maximum atomic E-state index is 11.3. The van der Waals surface area contributed by atoms with Gasteiger partial charge in [0.1, 0.15) is 5.65 Å². The van der Waals surface area contributed by atoms with E-state index < -0.39 is 0 Å². The molecule has 4 heterocycles. The fourth-order valence-corrected chi connectivity index (χ4v) is 4.23. The molecule has 4 N–H and O–H groups in total. The van der Waals surface area contributed by atoms with Crippen LogP contribution in [0.5, 0.6) is 0 Å². The summed E-state index contributed by atoms with van der Waals surface area (Å²) in [6.45, 7) is 1.16. The van der Waals surface area contributed by atoms with Gasteiger partial charge in [0, 0.05) is 36.1 Å². The number of aromatic nitrogens is 3. The number of anilines is 2. The summed E-state index contributed by atoms with van der Waals surface area (Å²) in [5.41, 5.74) is 13.3. The quantitative estimate of drug-likeness (QED) is 0.491. The Bertz CT molecular complexity index is 1220. The lowest BCUT2D eigenvalue weighted by Gasteiger charge is -2.24. The Kier molecular flexibility index (Phi) is 3.98. The number of fused-ring (bicyclic) bond motifs is 2. The molecule has 0 saturated carbocycles. The Morgan fingerprint density at radius 3 is 3.00 bits per heavy atom. The molecule has 28 heavy (non-hydrogen) atoms. The summed E-state index contributed by atoms with van der Waals surface area (Å²) in [6.07, 6.45) is 4.60. The van der Waals surface area contributed by atoms with Crippen molar-refractivity contribution < 1.29 is 4.79 Å². The van der Waals surface area contributed by atoms with Crippen LogP contribution in [0.25, 0.3) is 26.8 Å². The minimum absolute atomic E-state index is 0.377. The molecule has 2 amide bonds. The fourth-order valence-electron chi connectivity index (χ4n) is 3.51. The average molecular weight is 390 g/mol. The van der Waals surface area contributed by atoms with E-state index in [0.29, 0.717) is 13.1 Å². The topological polar surface area (TPSA) is 99.9 Å². The molecule has 0 unspecified atom stereocenters. The third-order valence-corrected chi connectivity index (χ3v) is 5.80. The number of nitrogens with zero attached hydrogens (tertiary/aromatic N) is 3. The minimum Gasteiger partial charge on any atom is -0.355 e. The van der Waals surface area contributed by atoms with Gasteiger partial charge in [0.2, 0.25) is 0 Å². The number of nitrogens with one attached hydrogen (secondary N) is 2. The highest BCUT2D eigenvalue weighted by molar-refractivity contribution is 7.16. The minimum atomic E-state index is -0.377. The number of primary amides is 1. The van der Waals surface area contributed by atoms with Crippen molar-refractivity contribution in [1.29, 1.82) is 0 Å². The summed E-state index contributed by atoms with van der Waals surface area (Å²) in [6, 6.07) is 9.87. The third-order valence-electron chi connectivity index (χ3n) is 5.01. The van der Waals surface area contributed by atoms with Crippen LogP contribution in [-0.4, -0.2) is 39.0 Å². The molecular formula is C20H18N6OS. The Morgan fingerprint density at radius 2 is 2.18 bits per heavy atom. The molecule has 5 rings (SSSR count). The molecule has 1 aliphatic heterocycles. The number of carbonyl (C=O) groups excluding carboxylic acids is 1. The first-order chi connectivity index (χ1) is 13.7. The predicted molar refractivity (Wildman–Crippen MR) is 113 cm³/mol. The van der Waals surface area contributed by atoms with Crippen LogP contribution in [0.4, 0.5) is 16.2 Å². The van der Waals surface area contributed by atoms with Crippen molar-refractivity contribution in [2.45, 2.75) is 6.42 Å². The second-order valence-corrected chi connectivity index (χ2v) is 7.61. The number of rotatable bonds is 3. The van der Waals surface area contributed by atoms with Crippen molar-refractivity contribution >= 4 is 55.6 Å². The Hall–Kier alpha value is -3.39. The van der Waals surface area contributed by atoms with Crippen LogP contribution in [0.1, 0.15) is 12.1 Å². The van der Waals surface area contributed by atoms with Gasteiger partial charge < -0.3 is 20.9 Å². The van der Waals surface area contributed by atoms with Crippen molar-refractivity contribution in [2.75, 3.05) is 18.4 Å². The van der Waals surface area contributed by atoms with Crippen LogP contribution in [0.2, 0.25) is 0 Å². The second-order valence-electron chi connectivity index (χ2n) is 6.73. The molecule has 0 radical (unpaired) electrons. The number of carbonyl (C=O) groups is 1. The van der Waals surface area contributed by atoms with Crippen LogP contribution in [0, 0.1) is 0 Å². The van der Waals surface area contributed by atoms with E-state index in [2.05, 4.69) is 32.4 Å². The first-order valence-electron chi connectivity index (χ1n) is 8.99. The molecule has 8 heteroatoms. The molecule has 0 atom stereocenters. The number of hydrogen-bond acceptors (Lipinski definition) is 5. The van der Waals surface area contributed by atoms with E-state index in [4.69, 9.17) is 5.73 Å². The van der Waals surface area contributed by atoms with Crippen LogP contribution >= 0.6 is 11.3 Å². The van der Waals surface area contributed by atoms with Crippen LogP contribution in [0.15, 0.2) is 48.1 Å². The normalized spacial score (nSPS) is 14.4. The van der Waals surface area contributed by atoms with Crippen molar-refractivity contribution in [2.24, 2.45) is 5.73 Å². The molecule has 0 saturated heterocycles. The molecule has 0 aliphatic carbocycles. The molecule has 1 aromatic carbocycles. The van der Waals surface area contributed by atoms with Gasteiger partial charge in [-0.2, -0.15) is 0 Å². The van der Waals surface area contributed by atoms with E-state index in [0.717, 1.165) is 44.7 Å². The van der Waals surface area contributed by atoms with Crippen LogP contribution < -0.4 is 11.1 Å². The van der Waals surface area contributed by atoms with E-state index in [9.17, 15) is 4.79 Å². The zero-order valence-corrected chi connectivity index (χ0v) is 15.8. The predicted octanol–water partition coefficient (Wildman–Crippen LogP) is 4.08. The summed E-state index contributed by atoms with van der Waals surface area (Å²) < 4.78 is 1.15. The number of hydrogen-bond donors (Lipinski definition) is 3. The van der Waals surface area contributed by atoms with Gasteiger partial charge in [-0.05, 0) is 42.3 Å². The Morgan fingerprint density at radius 1 is 1.25 bits per heavy atom. The number of benzene rings is 1. The number of nitrogens with two attached hydrogens (primary N) is 1. The monoisotopic (exact) mass is 390 g/mol. The van der Waals surface area contributed by atoms with E-state index in [1.807, 2.05) is 29.8 Å². The van der Waals surface area contributed by atoms with Crippen molar-refractivity contribution in [3.63, 3.8) is 0 Å². The van der Waals surface area contributed by atoms with Crippen molar-refractivity contribution in [3.05, 3.63) is 53.8 Å². The van der Waals surface area contributed by atoms with Gasteiger partial charge in [0.15, 0.2) is 0 Å². The smallest absolute Gasteiger partial charge is 0.315 e. The lowest BCUT2D eigenvalue weighted by Crippen LogP contribution is -2.38. The van der Waals surface area contributed by atoms with Crippen molar-refractivity contribution in [3.8, 4) is 0 Å². The number of aromatic amines is 1. The van der Waals surface area contributed by atoms with Gasteiger partial charge in [-0.25, -0.2) is 14.8 Å². The molecule has 0 fully saturated rings. The number of thiazole rings is 1. The fraction of sp³-hybridized carbons (Fsp3) is 0.150. The van der Waals surface area contributed by atoms with Gasteiger partial charge in [0.25, 0.3) is 0 Å². The second kappa shape index (κ2) is 6.65. The standard InChI is InChI=1S/C20H18N6OS/c21-20(27)26-7-4-12(5-8-26)17-10-14-15(3-6-22-19(14)25-17)24-13-1-2-16-18(9-13)28-11-23-16/h1-4,6,9-11H,5,7-8H2,(H2,21,27)(H2,22,24,25). The van der Waals surface area contributed by atoms with E-state index in [1.54, 1.807) is 22.4 Å². The first-order valence-corrected chi connectivity index (χ1v) is 9.87. The van der Waals surface area contributed by atoms with Crippen molar-refractivity contribution in [1.82, 2.24) is 19.9 Å². The summed E-state index contributed by atoms with van der Waals surface area (Å²) in [7, 11) is 0. The highest BCUT2D eigenvalue weighted by Gasteiger charge is 2.17. The third kappa shape index (κ3) is 2.97. The summed E-state index contributed by atoms with van der Waals surface area (Å²) >= 11 is 1.63. The molecular weight excluding hydrogens is 372 g/mol. The molecule has 3 aromatic heterocycles. The summed E-state index contributed by atoms with van der Waals surface area (Å²) in [5, 5.41) is 4.53. The Balaban J connectivity index is 1.46. The number of amides is 2. The molecule has 140 valence electrons. The molecule has 0 bridgehead atoms. The van der Waals surface area contributed by atoms with Gasteiger partial charge >= 0.3 is 6.03 Å². The summed E-state index contributed by atoms with van der Waals surface area (Å²) in [5.74, 6) is 0. The Labute approximate surface area is 164 Å². The summed E-state index contributed by atoms with van der Waals surface area (Å²) in [4.78, 5) is 25.1. The zero-order valence-electron chi connectivity index (χ0n) is 15.0. The molecule has 0 spiro atoms. The lowest BCUT2D eigenvalue weighted by molar-refractivity contribution is 0.213. The van der Waals surface area contributed by atoms with Gasteiger partial charge in [-0.1, -0.05) is 6.08 Å². The van der Waals surface area contributed by atoms with Gasteiger partial charge in [-0.3, -0.25) is 0 Å². The first kappa shape index (κ1) is 16.8. The van der Waals surface area contributed by atoms with Crippen LogP contribution in [-0.2, 0) is 0 Å². The van der Waals surface area contributed by atoms with E-state index >= 15 is 0 Å². The molecule has 7 nitrogen and oxygen atoms in total. The zero-order chi connectivity index (χ0) is 19.1. The average Bonchev–Trinajstić information content (AvgIpc) is 3.35. The maximum absolute atomic E-state index is 11.3. The highest BCUT2D eigenvalue weighted by Crippen LogP contribution is 2.31. The highest BCUT2D eigenvalue weighted by atomic mass is 32.1. The lowest BCUT2D eigenvalue weighted by atomic mass is 10.0.